The number of hydrogen-bond acceptors (Lipinski definition) is 6. The number of carbonyl (C=O) groups is 3. The number of benzene rings is 3. The Hall–Kier alpha value is -3.58. The number of carbonyl (C=O) groups excluding carboxylic acids is 2. The van der Waals surface area contributed by atoms with Crippen LogP contribution in [0.4, 0.5) is 0 Å². The summed E-state index contributed by atoms with van der Waals surface area (Å²) >= 11 is 1.64. The first-order valence-electron chi connectivity index (χ1n) is 13.6. The number of thioether (sulfide) groups is 1. The molecule has 0 heterocycles. The van der Waals surface area contributed by atoms with Gasteiger partial charge in [0.05, 0.1) is 5.92 Å². The van der Waals surface area contributed by atoms with Gasteiger partial charge < -0.3 is 14.6 Å². The van der Waals surface area contributed by atoms with Gasteiger partial charge in [0.15, 0.2) is 11.4 Å². The van der Waals surface area contributed by atoms with Crippen LogP contribution in [0, 0.1) is 17.8 Å². The Kier molecular flexibility index (Phi) is 9.69. The van der Waals surface area contributed by atoms with Gasteiger partial charge in [0.25, 0.3) is 0 Å². The van der Waals surface area contributed by atoms with Crippen molar-refractivity contribution in [1.82, 2.24) is 0 Å². The Balaban J connectivity index is 1.56. The van der Waals surface area contributed by atoms with Crippen LogP contribution >= 0.6 is 11.8 Å². The summed E-state index contributed by atoms with van der Waals surface area (Å²) in [5.41, 5.74) is 0.342. The fourth-order valence-electron chi connectivity index (χ4n) is 5.24. The van der Waals surface area contributed by atoms with Gasteiger partial charge in [0, 0.05) is 16.4 Å². The van der Waals surface area contributed by atoms with Crippen LogP contribution in [-0.4, -0.2) is 34.7 Å². The van der Waals surface area contributed by atoms with Gasteiger partial charge >= 0.3 is 11.9 Å². The zero-order valence-electron chi connectivity index (χ0n) is 23.2. The van der Waals surface area contributed by atoms with Gasteiger partial charge in [-0.2, -0.15) is 0 Å². The highest BCUT2D eigenvalue weighted by atomic mass is 32.2. The maximum atomic E-state index is 13.8. The van der Waals surface area contributed by atoms with Crippen LogP contribution < -0.4 is 9.47 Å². The van der Waals surface area contributed by atoms with E-state index in [0.29, 0.717) is 42.7 Å². The second-order valence-corrected chi connectivity index (χ2v) is 11.7. The van der Waals surface area contributed by atoms with Gasteiger partial charge in [-0.15, -0.1) is 11.8 Å². The van der Waals surface area contributed by atoms with Crippen LogP contribution in [-0.2, 0) is 16.0 Å². The molecule has 1 aliphatic rings. The second kappa shape index (κ2) is 13.2. The van der Waals surface area contributed by atoms with Gasteiger partial charge in [-0.3, -0.25) is 9.59 Å². The van der Waals surface area contributed by atoms with Gasteiger partial charge in [0.1, 0.15) is 11.5 Å². The number of rotatable bonds is 10. The van der Waals surface area contributed by atoms with E-state index in [9.17, 15) is 19.5 Å². The molecule has 40 heavy (non-hydrogen) atoms. The minimum absolute atomic E-state index is 0.0641. The number of ether oxygens (including phenoxy) is 2. The standard InChI is InChI=1S/C33H36O6S/c1-33(2,32(36)37)39-27-16-12-22(13-17-27)20-25-21-24(31(35)38-26-9-5-4-6-10-26)8-7-11-29(25)30(34)23-14-18-28(40-3)19-15-23/h4-6,9-10,12-19,24-25,29H,7-8,11,20-21H2,1-3H3,(H,36,37)/t24?,25-,29-/m0/s1. The van der Waals surface area contributed by atoms with E-state index >= 15 is 0 Å². The number of Topliss-reactive ketones (excluding diaryl/α,β-unsaturated/α-hetero) is 1. The minimum Gasteiger partial charge on any atom is -0.478 e. The number of hydrogen-bond donors (Lipinski definition) is 1. The molecule has 0 spiro atoms. The molecule has 7 heteroatoms. The quantitative estimate of drug-likeness (QED) is 0.0929. The van der Waals surface area contributed by atoms with Crippen molar-refractivity contribution in [3.8, 4) is 11.5 Å². The molecule has 1 N–H and O–H groups in total. The Morgan fingerprint density at radius 1 is 0.900 bits per heavy atom. The first-order chi connectivity index (χ1) is 19.2. The molecular formula is C33H36O6S. The number of ketones is 1. The normalized spacial score (nSPS) is 19.3. The Labute approximate surface area is 240 Å². The van der Waals surface area contributed by atoms with E-state index in [0.717, 1.165) is 16.9 Å². The molecule has 1 fully saturated rings. The van der Waals surface area contributed by atoms with Gasteiger partial charge in [-0.25, -0.2) is 4.79 Å². The summed E-state index contributed by atoms with van der Waals surface area (Å²) in [6.45, 7) is 3.01. The molecule has 0 amide bonds. The molecule has 0 aromatic heterocycles. The molecule has 1 aliphatic carbocycles. The molecule has 0 aliphatic heterocycles. The van der Waals surface area contributed by atoms with Crippen molar-refractivity contribution in [2.45, 2.75) is 56.4 Å². The smallest absolute Gasteiger partial charge is 0.347 e. The molecule has 3 aromatic rings. The van der Waals surface area contributed by atoms with Crippen LogP contribution in [0.1, 0.15) is 55.5 Å². The molecular weight excluding hydrogens is 524 g/mol. The number of esters is 1. The van der Waals surface area contributed by atoms with Crippen molar-refractivity contribution >= 4 is 29.5 Å². The van der Waals surface area contributed by atoms with E-state index in [1.807, 2.05) is 60.9 Å². The lowest BCUT2D eigenvalue weighted by molar-refractivity contribution is -0.152. The summed E-state index contributed by atoms with van der Waals surface area (Å²) in [5.74, 6) is -0.804. The first-order valence-corrected chi connectivity index (χ1v) is 14.8. The Morgan fingerprint density at radius 2 is 1.57 bits per heavy atom. The third-order valence-electron chi connectivity index (χ3n) is 7.54. The van der Waals surface area contributed by atoms with Crippen LogP contribution in [0.3, 0.4) is 0 Å². The van der Waals surface area contributed by atoms with E-state index in [2.05, 4.69) is 0 Å². The topological polar surface area (TPSA) is 89.9 Å². The van der Waals surface area contributed by atoms with E-state index in [4.69, 9.17) is 9.47 Å². The molecule has 1 unspecified atom stereocenters. The third kappa shape index (κ3) is 7.54. The van der Waals surface area contributed by atoms with Gasteiger partial charge in [0.2, 0.25) is 0 Å². The largest absolute Gasteiger partial charge is 0.478 e. The monoisotopic (exact) mass is 560 g/mol. The Morgan fingerprint density at radius 3 is 2.20 bits per heavy atom. The summed E-state index contributed by atoms with van der Waals surface area (Å²) in [7, 11) is 0. The molecule has 0 radical (unpaired) electrons. The number of carboxylic acid groups (broad SMARTS) is 1. The second-order valence-electron chi connectivity index (χ2n) is 10.8. The lowest BCUT2D eigenvalue weighted by atomic mass is 9.77. The highest BCUT2D eigenvalue weighted by molar-refractivity contribution is 7.98. The zero-order valence-corrected chi connectivity index (χ0v) is 24.0. The zero-order chi connectivity index (χ0) is 28.7. The maximum Gasteiger partial charge on any atom is 0.347 e. The van der Waals surface area contributed by atoms with Crippen LogP contribution in [0.5, 0.6) is 11.5 Å². The fraction of sp³-hybridized carbons (Fsp3) is 0.364. The van der Waals surface area contributed by atoms with Crippen LogP contribution in [0.25, 0.3) is 0 Å². The van der Waals surface area contributed by atoms with E-state index in [1.165, 1.54) is 13.8 Å². The number of para-hydroxylation sites is 1. The van der Waals surface area contributed by atoms with Crippen molar-refractivity contribution in [1.29, 1.82) is 0 Å². The summed E-state index contributed by atoms with van der Waals surface area (Å²) in [4.78, 5) is 39.5. The van der Waals surface area contributed by atoms with Crippen molar-refractivity contribution in [2.24, 2.45) is 17.8 Å². The molecule has 3 atom stereocenters. The molecule has 3 aromatic carbocycles. The Bertz CT molecular complexity index is 1300. The predicted molar refractivity (Wildman–Crippen MR) is 156 cm³/mol. The summed E-state index contributed by atoms with van der Waals surface area (Å²) in [5, 5.41) is 9.37. The highest BCUT2D eigenvalue weighted by Gasteiger charge is 2.36. The van der Waals surface area contributed by atoms with Crippen molar-refractivity contribution in [3.05, 3.63) is 90.0 Å². The lowest BCUT2D eigenvalue weighted by Crippen LogP contribution is -2.37. The van der Waals surface area contributed by atoms with E-state index in [1.54, 1.807) is 36.0 Å². The summed E-state index contributed by atoms with van der Waals surface area (Å²) in [6, 6.07) is 24.2. The summed E-state index contributed by atoms with van der Waals surface area (Å²) in [6.07, 6.45) is 5.31. The van der Waals surface area contributed by atoms with Gasteiger partial charge in [-0.1, -0.05) is 48.9 Å². The SMILES string of the molecule is CSc1ccc(C(=O)[C@H]2CCCC(C(=O)Oc3ccccc3)C[C@@H]2Cc2ccc(OC(C)(C)C(=O)O)cc2)cc1. The summed E-state index contributed by atoms with van der Waals surface area (Å²) < 4.78 is 11.4. The molecule has 6 nitrogen and oxygen atoms in total. The van der Waals surface area contributed by atoms with Gasteiger partial charge in [-0.05, 0) is 93.7 Å². The predicted octanol–water partition coefficient (Wildman–Crippen LogP) is 7.10. The fourth-order valence-corrected chi connectivity index (χ4v) is 5.65. The third-order valence-corrected chi connectivity index (χ3v) is 8.28. The average molecular weight is 561 g/mol. The number of aliphatic carboxylic acids is 1. The van der Waals surface area contributed by atoms with Crippen LogP contribution in [0.2, 0.25) is 0 Å². The lowest BCUT2D eigenvalue weighted by Gasteiger charge is -2.26. The maximum absolute atomic E-state index is 13.8. The molecule has 0 bridgehead atoms. The highest BCUT2D eigenvalue weighted by Crippen LogP contribution is 2.38. The van der Waals surface area contributed by atoms with Crippen molar-refractivity contribution in [2.75, 3.05) is 6.26 Å². The minimum atomic E-state index is -1.35. The van der Waals surface area contributed by atoms with Crippen molar-refractivity contribution < 1.29 is 29.0 Å². The van der Waals surface area contributed by atoms with Crippen LogP contribution in [0.15, 0.2) is 83.8 Å². The molecule has 210 valence electrons. The van der Waals surface area contributed by atoms with Crippen molar-refractivity contribution in [3.63, 3.8) is 0 Å². The molecule has 0 saturated heterocycles. The molecule has 4 rings (SSSR count). The van der Waals surface area contributed by atoms with E-state index < -0.39 is 11.6 Å². The number of carboxylic acids is 1. The van der Waals surface area contributed by atoms with E-state index in [-0.39, 0.29) is 29.5 Å². The first kappa shape index (κ1) is 29.4. The molecule has 1 saturated carbocycles. The average Bonchev–Trinajstić information content (AvgIpc) is 3.16.